The van der Waals surface area contributed by atoms with Gasteiger partial charge in [0.15, 0.2) is 11.6 Å². The Labute approximate surface area is 117 Å². The third kappa shape index (κ3) is 2.77. The number of halogens is 3. The minimum absolute atomic E-state index is 0.00644. The van der Waals surface area contributed by atoms with Crippen molar-refractivity contribution >= 4 is 15.9 Å². The topological polar surface area (TPSA) is 29.5 Å². The van der Waals surface area contributed by atoms with Crippen LogP contribution in [0.3, 0.4) is 0 Å². The Kier molecular flexibility index (Phi) is 4.17. The second-order valence-corrected chi connectivity index (χ2v) is 4.79. The summed E-state index contributed by atoms with van der Waals surface area (Å²) in [5, 5.41) is 10.2. The lowest BCUT2D eigenvalue weighted by Gasteiger charge is -2.14. The monoisotopic (exact) mass is 328 g/mol. The van der Waals surface area contributed by atoms with Gasteiger partial charge in [0.1, 0.15) is 11.9 Å². The van der Waals surface area contributed by atoms with Gasteiger partial charge in [-0.25, -0.2) is 8.78 Å². The van der Waals surface area contributed by atoms with Gasteiger partial charge in [-0.1, -0.05) is 18.2 Å². The Morgan fingerprint density at radius 3 is 2.63 bits per heavy atom. The van der Waals surface area contributed by atoms with Crippen LogP contribution >= 0.6 is 15.9 Å². The van der Waals surface area contributed by atoms with Crippen molar-refractivity contribution in [1.82, 2.24) is 0 Å². The largest absolute Gasteiger partial charge is 0.494 e. The molecule has 2 rings (SSSR count). The molecule has 0 aliphatic carbocycles. The van der Waals surface area contributed by atoms with Gasteiger partial charge in [-0.2, -0.15) is 0 Å². The zero-order valence-corrected chi connectivity index (χ0v) is 11.6. The number of aliphatic hydroxyl groups excluding tert-OH is 1. The summed E-state index contributed by atoms with van der Waals surface area (Å²) in [6.07, 6.45) is -1.19. The predicted octanol–water partition coefficient (Wildman–Crippen LogP) is 3.82. The molecular weight excluding hydrogens is 318 g/mol. The highest BCUT2D eigenvalue weighted by atomic mass is 79.9. The Balaban J connectivity index is 2.44. The molecule has 2 aromatic carbocycles. The van der Waals surface area contributed by atoms with E-state index in [4.69, 9.17) is 4.74 Å². The molecule has 100 valence electrons. The quantitative estimate of drug-likeness (QED) is 0.928. The fourth-order valence-electron chi connectivity index (χ4n) is 1.76. The second-order valence-electron chi connectivity index (χ2n) is 3.94. The first-order valence-electron chi connectivity index (χ1n) is 5.50. The molecule has 0 aliphatic rings. The summed E-state index contributed by atoms with van der Waals surface area (Å²) < 4.78 is 32.3. The Morgan fingerprint density at radius 2 is 1.95 bits per heavy atom. The molecule has 0 heterocycles. The van der Waals surface area contributed by atoms with E-state index in [1.165, 1.54) is 37.4 Å². The van der Waals surface area contributed by atoms with Gasteiger partial charge in [0.25, 0.3) is 0 Å². The van der Waals surface area contributed by atoms with Gasteiger partial charge in [-0.05, 0) is 39.7 Å². The number of ether oxygens (including phenoxy) is 1. The molecule has 0 spiro atoms. The molecule has 0 saturated carbocycles. The van der Waals surface area contributed by atoms with Crippen molar-refractivity contribution < 1.29 is 18.6 Å². The molecule has 1 unspecified atom stereocenters. The van der Waals surface area contributed by atoms with Gasteiger partial charge < -0.3 is 9.84 Å². The average Bonchev–Trinajstić information content (AvgIpc) is 2.41. The minimum Gasteiger partial charge on any atom is -0.494 e. The maximum absolute atomic E-state index is 13.9. The molecule has 0 radical (unpaired) electrons. The standard InChI is InChI=1S/C14H11BrF2O2/c1-19-12-7-8(5-6-11(12)16)14(18)9-3-2-4-10(15)13(9)17/h2-7,14,18H,1H3. The van der Waals surface area contributed by atoms with E-state index in [0.29, 0.717) is 5.56 Å². The van der Waals surface area contributed by atoms with E-state index < -0.39 is 17.7 Å². The Morgan fingerprint density at radius 1 is 1.21 bits per heavy atom. The minimum atomic E-state index is -1.19. The molecular formula is C14H11BrF2O2. The van der Waals surface area contributed by atoms with Gasteiger partial charge >= 0.3 is 0 Å². The zero-order chi connectivity index (χ0) is 14.0. The molecule has 2 nitrogen and oxygen atoms in total. The normalized spacial score (nSPS) is 12.3. The summed E-state index contributed by atoms with van der Waals surface area (Å²) in [6.45, 7) is 0. The summed E-state index contributed by atoms with van der Waals surface area (Å²) >= 11 is 3.06. The van der Waals surface area contributed by atoms with Crippen LogP contribution < -0.4 is 4.74 Å². The molecule has 1 N–H and O–H groups in total. The highest BCUT2D eigenvalue weighted by molar-refractivity contribution is 9.10. The molecule has 1 atom stereocenters. The molecule has 0 aromatic heterocycles. The molecule has 19 heavy (non-hydrogen) atoms. The molecule has 0 fully saturated rings. The zero-order valence-electron chi connectivity index (χ0n) is 10.0. The number of aliphatic hydroxyl groups is 1. The van der Waals surface area contributed by atoms with E-state index in [1.54, 1.807) is 6.07 Å². The molecule has 0 amide bonds. The molecule has 0 saturated heterocycles. The summed E-state index contributed by atoms with van der Waals surface area (Å²) in [4.78, 5) is 0. The Hall–Kier alpha value is -1.46. The first kappa shape index (κ1) is 14.0. The number of rotatable bonds is 3. The summed E-state index contributed by atoms with van der Waals surface area (Å²) in [6, 6.07) is 8.54. The van der Waals surface area contributed by atoms with Gasteiger partial charge in [0.05, 0.1) is 11.6 Å². The second kappa shape index (κ2) is 5.67. The number of hydrogen-bond acceptors (Lipinski definition) is 2. The lowest BCUT2D eigenvalue weighted by Crippen LogP contribution is -2.04. The average molecular weight is 329 g/mol. The van der Waals surface area contributed by atoms with Crippen LogP contribution in [0.25, 0.3) is 0 Å². The number of benzene rings is 2. The third-order valence-electron chi connectivity index (χ3n) is 2.77. The maximum atomic E-state index is 13.9. The first-order valence-corrected chi connectivity index (χ1v) is 6.29. The SMILES string of the molecule is COc1cc(C(O)c2cccc(Br)c2F)ccc1F. The van der Waals surface area contributed by atoms with Gasteiger partial charge in [-0.15, -0.1) is 0 Å². The van der Waals surface area contributed by atoms with Gasteiger partial charge in [-0.3, -0.25) is 0 Å². The van der Waals surface area contributed by atoms with Gasteiger partial charge in [0, 0.05) is 5.56 Å². The van der Waals surface area contributed by atoms with Crippen LogP contribution in [0.4, 0.5) is 8.78 Å². The van der Waals surface area contributed by atoms with Crippen LogP contribution in [0, 0.1) is 11.6 Å². The van der Waals surface area contributed by atoms with Crippen molar-refractivity contribution in [1.29, 1.82) is 0 Å². The molecule has 0 bridgehead atoms. The van der Waals surface area contributed by atoms with Crippen LogP contribution in [0.5, 0.6) is 5.75 Å². The van der Waals surface area contributed by atoms with Crippen molar-refractivity contribution in [2.45, 2.75) is 6.10 Å². The van der Waals surface area contributed by atoms with Crippen LogP contribution in [0.15, 0.2) is 40.9 Å². The number of hydrogen-bond donors (Lipinski definition) is 1. The number of methoxy groups -OCH3 is 1. The lowest BCUT2D eigenvalue weighted by molar-refractivity contribution is 0.214. The maximum Gasteiger partial charge on any atom is 0.165 e. The summed E-state index contributed by atoms with van der Waals surface area (Å²) in [5.74, 6) is -1.07. The van der Waals surface area contributed by atoms with E-state index in [9.17, 15) is 13.9 Å². The Bertz CT molecular complexity index is 602. The third-order valence-corrected chi connectivity index (χ3v) is 3.38. The van der Waals surface area contributed by atoms with E-state index in [2.05, 4.69) is 15.9 Å². The molecule has 5 heteroatoms. The van der Waals surface area contributed by atoms with Crippen molar-refractivity contribution in [3.05, 3.63) is 63.6 Å². The van der Waals surface area contributed by atoms with E-state index in [1.807, 2.05) is 0 Å². The molecule has 0 aliphatic heterocycles. The summed E-state index contributed by atoms with van der Waals surface area (Å²) in [7, 11) is 1.33. The fraction of sp³-hybridized carbons (Fsp3) is 0.143. The van der Waals surface area contributed by atoms with Crippen molar-refractivity contribution in [2.75, 3.05) is 7.11 Å². The van der Waals surface area contributed by atoms with Crippen molar-refractivity contribution in [3.63, 3.8) is 0 Å². The van der Waals surface area contributed by atoms with Crippen molar-refractivity contribution in [2.24, 2.45) is 0 Å². The van der Waals surface area contributed by atoms with Crippen LogP contribution in [0.1, 0.15) is 17.2 Å². The van der Waals surface area contributed by atoms with Crippen LogP contribution in [0.2, 0.25) is 0 Å². The predicted molar refractivity (Wildman–Crippen MR) is 71.1 cm³/mol. The highest BCUT2D eigenvalue weighted by Crippen LogP contribution is 2.30. The summed E-state index contributed by atoms with van der Waals surface area (Å²) in [5.41, 5.74) is 0.471. The van der Waals surface area contributed by atoms with Crippen LogP contribution in [-0.2, 0) is 0 Å². The van der Waals surface area contributed by atoms with E-state index in [0.717, 1.165) is 0 Å². The highest BCUT2D eigenvalue weighted by Gasteiger charge is 2.18. The lowest BCUT2D eigenvalue weighted by atomic mass is 10.0. The van der Waals surface area contributed by atoms with Gasteiger partial charge in [0.2, 0.25) is 0 Å². The fourth-order valence-corrected chi connectivity index (χ4v) is 2.14. The molecule has 2 aromatic rings. The van der Waals surface area contributed by atoms with Crippen molar-refractivity contribution in [3.8, 4) is 5.75 Å². The van der Waals surface area contributed by atoms with E-state index >= 15 is 0 Å². The first-order chi connectivity index (χ1) is 9.04. The van der Waals surface area contributed by atoms with Crippen LogP contribution in [-0.4, -0.2) is 12.2 Å². The smallest absolute Gasteiger partial charge is 0.165 e. The van der Waals surface area contributed by atoms with E-state index in [-0.39, 0.29) is 15.8 Å².